The number of nitrogens with zero attached hydrogens (tertiary/aromatic N) is 2. The summed E-state index contributed by atoms with van der Waals surface area (Å²) in [5.74, 6) is 0.902. The second-order valence-electron chi connectivity index (χ2n) is 7.42. The third-order valence-electron chi connectivity index (χ3n) is 6.02. The maximum absolute atomic E-state index is 2.60. The predicted octanol–water partition coefficient (Wildman–Crippen LogP) is 5.31. The highest BCUT2D eigenvalue weighted by Gasteiger charge is 2.24. The SMILES string of the molecule is CCC1CCC(CCn2c3ccccc3c3ccccc32)N(C)C1. The fraction of sp³-hybridized carbons (Fsp3) is 0.455. The molecular weight excluding hydrogens is 292 g/mol. The van der Waals surface area contributed by atoms with E-state index >= 15 is 0 Å². The summed E-state index contributed by atoms with van der Waals surface area (Å²) in [5, 5.41) is 2.77. The molecule has 1 aromatic heterocycles. The van der Waals surface area contributed by atoms with Gasteiger partial charge in [0.2, 0.25) is 0 Å². The summed E-state index contributed by atoms with van der Waals surface area (Å²) in [7, 11) is 2.32. The van der Waals surface area contributed by atoms with Gasteiger partial charge in [-0.3, -0.25) is 0 Å². The first-order valence-electron chi connectivity index (χ1n) is 9.44. The van der Waals surface area contributed by atoms with Crippen LogP contribution >= 0.6 is 0 Å². The van der Waals surface area contributed by atoms with Crippen LogP contribution in [0.25, 0.3) is 21.8 Å². The fourth-order valence-electron chi connectivity index (χ4n) is 4.52. The number of likely N-dealkylation sites (tertiary alicyclic amines) is 1. The molecule has 3 aromatic rings. The maximum atomic E-state index is 2.60. The molecule has 0 aliphatic carbocycles. The molecule has 126 valence electrons. The molecule has 2 heterocycles. The van der Waals surface area contributed by atoms with Gasteiger partial charge in [-0.25, -0.2) is 0 Å². The summed E-state index contributed by atoms with van der Waals surface area (Å²) in [6.45, 7) is 4.71. The Hall–Kier alpha value is -1.80. The molecule has 2 heteroatoms. The van der Waals surface area contributed by atoms with Crippen LogP contribution in [0.1, 0.15) is 32.6 Å². The molecule has 1 saturated heterocycles. The number of aromatic nitrogens is 1. The van der Waals surface area contributed by atoms with Gasteiger partial charge in [-0.05, 0) is 44.4 Å². The van der Waals surface area contributed by atoms with Gasteiger partial charge in [-0.1, -0.05) is 49.7 Å². The van der Waals surface area contributed by atoms with Crippen LogP contribution in [0.15, 0.2) is 48.5 Å². The van der Waals surface area contributed by atoms with Crippen molar-refractivity contribution in [1.29, 1.82) is 0 Å². The Balaban J connectivity index is 1.60. The third-order valence-corrected chi connectivity index (χ3v) is 6.02. The summed E-state index contributed by atoms with van der Waals surface area (Å²) in [4.78, 5) is 2.60. The van der Waals surface area contributed by atoms with Gasteiger partial charge in [0.25, 0.3) is 0 Å². The molecule has 2 nitrogen and oxygen atoms in total. The lowest BCUT2D eigenvalue weighted by Crippen LogP contribution is -2.40. The average Bonchev–Trinajstić information content (AvgIpc) is 2.95. The van der Waals surface area contributed by atoms with Crippen molar-refractivity contribution >= 4 is 21.8 Å². The number of aryl methyl sites for hydroxylation is 1. The molecule has 0 radical (unpaired) electrons. The molecule has 1 fully saturated rings. The van der Waals surface area contributed by atoms with Crippen molar-refractivity contribution in [3.8, 4) is 0 Å². The van der Waals surface area contributed by atoms with Crippen molar-refractivity contribution in [3.05, 3.63) is 48.5 Å². The minimum Gasteiger partial charge on any atom is -0.340 e. The highest BCUT2D eigenvalue weighted by Crippen LogP contribution is 2.30. The first-order valence-corrected chi connectivity index (χ1v) is 9.44. The monoisotopic (exact) mass is 320 g/mol. The number of hydrogen-bond acceptors (Lipinski definition) is 1. The third kappa shape index (κ3) is 2.73. The number of rotatable bonds is 4. The van der Waals surface area contributed by atoms with Crippen molar-refractivity contribution < 1.29 is 0 Å². The number of hydrogen-bond donors (Lipinski definition) is 0. The Morgan fingerprint density at radius 1 is 0.917 bits per heavy atom. The molecule has 2 aromatic carbocycles. The van der Waals surface area contributed by atoms with Crippen LogP contribution < -0.4 is 0 Å². The second-order valence-corrected chi connectivity index (χ2v) is 7.42. The van der Waals surface area contributed by atoms with E-state index < -0.39 is 0 Å². The largest absolute Gasteiger partial charge is 0.340 e. The molecule has 0 bridgehead atoms. The summed E-state index contributed by atoms with van der Waals surface area (Å²) >= 11 is 0. The first-order chi connectivity index (χ1) is 11.8. The van der Waals surface area contributed by atoms with Gasteiger partial charge in [0, 0.05) is 40.9 Å². The van der Waals surface area contributed by atoms with E-state index in [4.69, 9.17) is 0 Å². The van der Waals surface area contributed by atoms with Crippen LogP contribution in [-0.4, -0.2) is 29.1 Å². The van der Waals surface area contributed by atoms with Gasteiger partial charge in [0.1, 0.15) is 0 Å². The van der Waals surface area contributed by atoms with E-state index in [1.165, 1.54) is 54.0 Å². The van der Waals surface area contributed by atoms with Crippen molar-refractivity contribution in [2.45, 2.75) is 45.2 Å². The van der Waals surface area contributed by atoms with Gasteiger partial charge in [0.15, 0.2) is 0 Å². The van der Waals surface area contributed by atoms with Crippen LogP contribution in [0.5, 0.6) is 0 Å². The molecule has 1 aliphatic heterocycles. The molecular formula is C22H28N2. The van der Waals surface area contributed by atoms with E-state index in [-0.39, 0.29) is 0 Å². The van der Waals surface area contributed by atoms with Gasteiger partial charge < -0.3 is 9.47 Å². The van der Waals surface area contributed by atoms with E-state index in [9.17, 15) is 0 Å². The summed E-state index contributed by atoms with van der Waals surface area (Å²) in [6.07, 6.45) is 5.32. The second kappa shape index (κ2) is 6.60. The lowest BCUT2D eigenvalue weighted by Gasteiger charge is -2.37. The number of fused-ring (bicyclic) bond motifs is 3. The lowest BCUT2D eigenvalue weighted by atomic mass is 9.90. The Morgan fingerprint density at radius 3 is 2.12 bits per heavy atom. The summed E-state index contributed by atoms with van der Waals surface area (Å²) in [6, 6.07) is 18.4. The van der Waals surface area contributed by atoms with Crippen LogP contribution in [0, 0.1) is 5.92 Å². The van der Waals surface area contributed by atoms with E-state index in [1.54, 1.807) is 0 Å². The molecule has 0 spiro atoms. The number of piperidine rings is 1. The van der Waals surface area contributed by atoms with Crippen LogP contribution in [0.4, 0.5) is 0 Å². The lowest BCUT2D eigenvalue weighted by molar-refractivity contribution is 0.125. The average molecular weight is 320 g/mol. The van der Waals surface area contributed by atoms with Gasteiger partial charge >= 0.3 is 0 Å². The normalized spacial score (nSPS) is 22.4. The van der Waals surface area contributed by atoms with Crippen LogP contribution in [0.2, 0.25) is 0 Å². The standard InChI is InChI=1S/C22H28N2/c1-3-17-12-13-18(23(2)16-17)14-15-24-21-10-6-4-8-19(21)20-9-5-7-11-22(20)24/h4-11,17-18H,3,12-16H2,1-2H3. The van der Waals surface area contributed by atoms with Crippen molar-refractivity contribution in [1.82, 2.24) is 9.47 Å². The number of benzene rings is 2. The summed E-state index contributed by atoms with van der Waals surface area (Å²) in [5.41, 5.74) is 2.76. The van der Waals surface area contributed by atoms with Crippen molar-refractivity contribution in [2.24, 2.45) is 5.92 Å². The topological polar surface area (TPSA) is 8.17 Å². The molecule has 0 N–H and O–H groups in total. The van der Waals surface area contributed by atoms with Crippen molar-refractivity contribution in [3.63, 3.8) is 0 Å². The molecule has 0 amide bonds. The maximum Gasteiger partial charge on any atom is 0.0491 e. The molecule has 0 saturated carbocycles. The minimum absolute atomic E-state index is 0.729. The Morgan fingerprint density at radius 2 is 1.54 bits per heavy atom. The first kappa shape index (κ1) is 15.7. The molecule has 24 heavy (non-hydrogen) atoms. The van der Waals surface area contributed by atoms with E-state index in [2.05, 4.69) is 72.0 Å². The van der Waals surface area contributed by atoms with Gasteiger partial charge in [-0.2, -0.15) is 0 Å². The smallest absolute Gasteiger partial charge is 0.0491 e. The molecule has 1 aliphatic rings. The molecule has 4 rings (SSSR count). The Kier molecular flexibility index (Phi) is 4.32. The molecule has 2 unspecified atom stereocenters. The predicted molar refractivity (Wildman–Crippen MR) is 103 cm³/mol. The quantitative estimate of drug-likeness (QED) is 0.633. The zero-order valence-electron chi connectivity index (χ0n) is 14.9. The van der Waals surface area contributed by atoms with E-state index in [0.29, 0.717) is 0 Å². The zero-order chi connectivity index (χ0) is 16.5. The highest BCUT2D eigenvalue weighted by molar-refractivity contribution is 6.07. The zero-order valence-corrected chi connectivity index (χ0v) is 14.9. The van der Waals surface area contributed by atoms with Gasteiger partial charge in [0.05, 0.1) is 0 Å². The van der Waals surface area contributed by atoms with Crippen molar-refractivity contribution in [2.75, 3.05) is 13.6 Å². The van der Waals surface area contributed by atoms with E-state index in [1.807, 2.05) is 0 Å². The summed E-state index contributed by atoms with van der Waals surface area (Å²) < 4.78 is 2.53. The van der Waals surface area contributed by atoms with Gasteiger partial charge in [-0.15, -0.1) is 0 Å². The highest BCUT2D eigenvalue weighted by atomic mass is 15.1. The van der Waals surface area contributed by atoms with E-state index in [0.717, 1.165) is 18.5 Å². The Labute approximate surface area is 145 Å². The Bertz CT molecular complexity index is 779. The molecule has 2 atom stereocenters. The fourth-order valence-corrected chi connectivity index (χ4v) is 4.52. The van der Waals surface area contributed by atoms with Crippen LogP contribution in [0.3, 0.4) is 0 Å². The van der Waals surface area contributed by atoms with Crippen LogP contribution in [-0.2, 0) is 6.54 Å². The number of para-hydroxylation sites is 2. The minimum atomic E-state index is 0.729.